The summed E-state index contributed by atoms with van der Waals surface area (Å²) in [6, 6.07) is 1.31. The third kappa shape index (κ3) is 8.77. The molecule has 4 heteroatoms. The van der Waals surface area contributed by atoms with E-state index in [9.17, 15) is 0 Å². The fourth-order valence-corrected chi connectivity index (χ4v) is 3.36. The summed E-state index contributed by atoms with van der Waals surface area (Å²) in [5.41, 5.74) is 6.12. The Hall–Kier alpha value is 0.0969. The van der Waals surface area contributed by atoms with Crippen molar-refractivity contribution in [3.8, 4) is 0 Å². The largest absolute Gasteiger partial charge is 0.398 e. The third-order valence-electron chi connectivity index (χ3n) is 3.51. The highest BCUT2D eigenvalue weighted by Gasteiger charge is 2.28. The Bertz CT molecular complexity index is 175. The van der Waals surface area contributed by atoms with E-state index in [0.717, 1.165) is 18.9 Å². The summed E-state index contributed by atoms with van der Waals surface area (Å²) < 4.78 is 10.9. The summed E-state index contributed by atoms with van der Waals surface area (Å²) in [6.45, 7) is 4.34. The minimum Gasteiger partial charge on any atom is -0.398 e. The molecule has 0 aromatic rings. The summed E-state index contributed by atoms with van der Waals surface area (Å²) in [4.78, 5) is 0. The van der Waals surface area contributed by atoms with Gasteiger partial charge in [0, 0.05) is 20.3 Å². The van der Waals surface area contributed by atoms with Crippen LogP contribution >= 0.6 is 0 Å². The van der Waals surface area contributed by atoms with E-state index in [0.29, 0.717) is 6.04 Å². The molecule has 0 aromatic carbocycles. The maximum Gasteiger partial charge on any atom is 0.334 e. The molecule has 0 bridgehead atoms. The Kier molecular flexibility index (Phi) is 10.1. The van der Waals surface area contributed by atoms with Gasteiger partial charge < -0.3 is 14.6 Å². The average Bonchev–Trinajstić information content (AvgIpc) is 2.35. The van der Waals surface area contributed by atoms with Gasteiger partial charge in [-0.25, -0.2) is 0 Å². The Morgan fingerprint density at radius 3 is 2.12 bits per heavy atom. The van der Waals surface area contributed by atoms with E-state index in [-0.39, 0.29) is 0 Å². The first kappa shape index (κ1) is 17.1. The molecule has 2 N–H and O–H groups in total. The zero-order chi connectivity index (χ0) is 13.1. The van der Waals surface area contributed by atoms with Crippen LogP contribution in [0.5, 0.6) is 0 Å². The summed E-state index contributed by atoms with van der Waals surface area (Å²) in [7, 11) is 1.58. The Balaban J connectivity index is 3.55. The first-order chi connectivity index (χ1) is 8.08. The Labute approximate surface area is 108 Å². The molecule has 0 aliphatic carbocycles. The Morgan fingerprint density at radius 2 is 1.59 bits per heavy atom. The van der Waals surface area contributed by atoms with E-state index in [4.69, 9.17) is 14.6 Å². The van der Waals surface area contributed by atoms with Crippen LogP contribution in [0.25, 0.3) is 0 Å². The summed E-state index contributed by atoms with van der Waals surface area (Å²) in [6.07, 6.45) is 8.76. The maximum atomic E-state index is 6.12. The van der Waals surface area contributed by atoms with E-state index in [1.807, 2.05) is 0 Å². The molecule has 1 unspecified atom stereocenters. The van der Waals surface area contributed by atoms with Crippen LogP contribution in [0.1, 0.15) is 51.9 Å². The van der Waals surface area contributed by atoms with Crippen LogP contribution in [0.4, 0.5) is 0 Å². The second-order valence-corrected chi connectivity index (χ2v) is 8.63. The zero-order valence-corrected chi connectivity index (χ0v) is 13.1. The lowest BCUT2D eigenvalue weighted by Crippen LogP contribution is -2.37. The highest BCUT2D eigenvalue weighted by Crippen LogP contribution is 2.17. The van der Waals surface area contributed by atoms with E-state index < -0.39 is 8.56 Å². The van der Waals surface area contributed by atoms with Crippen LogP contribution in [0.15, 0.2) is 0 Å². The van der Waals surface area contributed by atoms with Gasteiger partial charge in [0.05, 0.1) is 0 Å². The van der Waals surface area contributed by atoms with Crippen LogP contribution in [0, 0.1) is 0 Å². The smallest absolute Gasteiger partial charge is 0.334 e. The van der Waals surface area contributed by atoms with Crippen molar-refractivity contribution in [3.05, 3.63) is 0 Å². The first-order valence-electron chi connectivity index (χ1n) is 6.94. The van der Waals surface area contributed by atoms with Gasteiger partial charge in [-0.05, 0) is 25.4 Å². The molecule has 0 aliphatic heterocycles. The summed E-state index contributed by atoms with van der Waals surface area (Å²) in [5, 5.41) is 0. The highest BCUT2D eigenvalue weighted by atomic mass is 28.4. The van der Waals surface area contributed by atoms with E-state index in [1.165, 1.54) is 32.1 Å². The monoisotopic (exact) mass is 261 g/mol. The van der Waals surface area contributed by atoms with E-state index in [1.54, 1.807) is 14.2 Å². The molecule has 0 saturated carbocycles. The maximum absolute atomic E-state index is 6.12. The quantitative estimate of drug-likeness (QED) is 0.458. The van der Waals surface area contributed by atoms with Crippen molar-refractivity contribution in [1.29, 1.82) is 0 Å². The van der Waals surface area contributed by atoms with Crippen molar-refractivity contribution in [1.82, 2.24) is 0 Å². The van der Waals surface area contributed by atoms with Crippen LogP contribution in [0.3, 0.4) is 0 Å². The fraction of sp³-hybridized carbons (Fsp3) is 1.00. The van der Waals surface area contributed by atoms with Crippen molar-refractivity contribution < 1.29 is 8.85 Å². The summed E-state index contributed by atoms with van der Waals surface area (Å²) in [5.74, 6) is 0. The van der Waals surface area contributed by atoms with Crippen LogP contribution < -0.4 is 5.73 Å². The third-order valence-corrected chi connectivity index (χ3v) is 6.44. The molecule has 104 valence electrons. The normalized spacial score (nSPS) is 13.9. The number of rotatable bonds is 11. The molecule has 1 atom stereocenters. The Morgan fingerprint density at radius 1 is 1.00 bits per heavy atom. The van der Waals surface area contributed by atoms with Gasteiger partial charge in [0.15, 0.2) is 0 Å². The van der Waals surface area contributed by atoms with Gasteiger partial charge in [-0.3, -0.25) is 0 Å². The lowest BCUT2D eigenvalue weighted by Gasteiger charge is -2.24. The number of unbranched alkanes of at least 4 members (excludes halogenated alkanes) is 4. The van der Waals surface area contributed by atoms with Crippen LogP contribution in [-0.4, -0.2) is 28.8 Å². The SMILES string of the molecule is CCCCCCCC(N)CC[Si](C)(OC)OC. The molecule has 0 radical (unpaired) electrons. The van der Waals surface area contributed by atoms with Crippen molar-refractivity contribution in [3.63, 3.8) is 0 Å². The molecule has 0 amide bonds. The molecule has 0 spiro atoms. The molecule has 0 heterocycles. The van der Waals surface area contributed by atoms with Gasteiger partial charge in [0.1, 0.15) is 0 Å². The van der Waals surface area contributed by atoms with Gasteiger partial charge in [0.25, 0.3) is 0 Å². The minimum absolute atomic E-state index is 0.314. The van der Waals surface area contributed by atoms with Gasteiger partial charge >= 0.3 is 8.56 Å². The molecule has 0 saturated heterocycles. The standard InChI is InChI=1S/C13H31NO2Si/c1-5-6-7-8-9-10-13(14)11-12-17(4,15-2)16-3/h13H,5-12,14H2,1-4H3. The molecule has 17 heavy (non-hydrogen) atoms. The van der Waals surface area contributed by atoms with E-state index in [2.05, 4.69) is 13.5 Å². The van der Waals surface area contributed by atoms with Crippen molar-refractivity contribution in [2.24, 2.45) is 5.73 Å². The fourth-order valence-electron chi connectivity index (χ4n) is 1.89. The molecule has 0 rings (SSSR count). The van der Waals surface area contributed by atoms with Gasteiger partial charge in [-0.2, -0.15) is 0 Å². The molecular weight excluding hydrogens is 230 g/mol. The van der Waals surface area contributed by atoms with Crippen LogP contribution in [0.2, 0.25) is 12.6 Å². The molecule has 3 nitrogen and oxygen atoms in total. The van der Waals surface area contributed by atoms with Crippen molar-refractivity contribution >= 4 is 8.56 Å². The van der Waals surface area contributed by atoms with Crippen molar-refractivity contribution in [2.45, 2.75) is 70.5 Å². The lowest BCUT2D eigenvalue weighted by atomic mass is 10.1. The van der Waals surface area contributed by atoms with Crippen LogP contribution in [-0.2, 0) is 8.85 Å². The van der Waals surface area contributed by atoms with E-state index >= 15 is 0 Å². The molecular formula is C13H31NO2Si. The highest BCUT2D eigenvalue weighted by molar-refractivity contribution is 6.65. The minimum atomic E-state index is -1.90. The second kappa shape index (κ2) is 10.1. The molecule has 0 aromatic heterocycles. The predicted molar refractivity (Wildman–Crippen MR) is 76.4 cm³/mol. The number of nitrogens with two attached hydrogens (primary N) is 1. The van der Waals surface area contributed by atoms with Crippen molar-refractivity contribution in [2.75, 3.05) is 14.2 Å². The second-order valence-electron chi connectivity index (χ2n) is 5.04. The molecule has 0 fully saturated rings. The van der Waals surface area contributed by atoms with Gasteiger partial charge in [-0.15, -0.1) is 0 Å². The summed E-state index contributed by atoms with van der Waals surface area (Å²) >= 11 is 0. The first-order valence-corrected chi connectivity index (χ1v) is 9.46. The topological polar surface area (TPSA) is 44.5 Å². The zero-order valence-electron chi connectivity index (χ0n) is 12.1. The van der Waals surface area contributed by atoms with Gasteiger partial charge in [0.2, 0.25) is 0 Å². The number of hydrogen-bond acceptors (Lipinski definition) is 3. The predicted octanol–water partition coefficient (Wildman–Crippen LogP) is 3.43. The average molecular weight is 261 g/mol. The van der Waals surface area contributed by atoms with Gasteiger partial charge in [-0.1, -0.05) is 39.0 Å². The molecule has 0 aliphatic rings. The number of hydrogen-bond donors (Lipinski definition) is 1. The lowest BCUT2D eigenvalue weighted by molar-refractivity contribution is 0.247.